The summed E-state index contributed by atoms with van der Waals surface area (Å²) in [5, 5.41) is 10.2. The van der Waals surface area contributed by atoms with Crippen molar-refractivity contribution in [3.63, 3.8) is 0 Å². The summed E-state index contributed by atoms with van der Waals surface area (Å²) in [7, 11) is 0. The summed E-state index contributed by atoms with van der Waals surface area (Å²) in [6.45, 7) is 2.61. The molecule has 0 amide bonds. The molecule has 0 radical (unpaired) electrons. The first-order valence-corrected chi connectivity index (χ1v) is 6.20. The van der Waals surface area contributed by atoms with Crippen molar-refractivity contribution in [2.45, 2.75) is 38.4 Å². The average Bonchev–Trinajstić information content (AvgIpc) is 3.09. The van der Waals surface area contributed by atoms with Crippen molar-refractivity contribution in [1.82, 2.24) is 4.98 Å². The molecule has 4 heteroatoms. The minimum atomic E-state index is -0.454. The van der Waals surface area contributed by atoms with Crippen LogP contribution in [0.25, 0.3) is 0 Å². The van der Waals surface area contributed by atoms with Crippen molar-refractivity contribution >= 4 is 5.82 Å². The molecule has 4 nitrogen and oxygen atoms in total. The van der Waals surface area contributed by atoms with Gasteiger partial charge >= 0.3 is 0 Å². The first kappa shape index (κ1) is 12.3. The predicted octanol–water partition coefficient (Wildman–Crippen LogP) is 1.38. The summed E-state index contributed by atoms with van der Waals surface area (Å²) >= 11 is 0. The second-order valence-electron chi connectivity index (χ2n) is 4.62. The van der Waals surface area contributed by atoms with Crippen LogP contribution in [0.5, 0.6) is 0 Å². The molecule has 1 aromatic heterocycles. The maximum absolute atomic E-state index is 10.2. The van der Waals surface area contributed by atoms with E-state index in [9.17, 15) is 5.11 Å². The highest BCUT2D eigenvalue weighted by molar-refractivity contribution is 5.32. The topological polar surface area (TPSA) is 68.4 Å². The fraction of sp³-hybridized carbons (Fsp3) is 0.615. The summed E-state index contributed by atoms with van der Waals surface area (Å²) < 4.78 is 5.63. The Hall–Kier alpha value is -1.13. The first-order valence-electron chi connectivity index (χ1n) is 6.20. The van der Waals surface area contributed by atoms with Gasteiger partial charge < -0.3 is 15.6 Å². The lowest BCUT2D eigenvalue weighted by Gasteiger charge is -2.22. The number of nitrogen functional groups attached to an aromatic ring is 1. The van der Waals surface area contributed by atoms with Gasteiger partial charge in [0, 0.05) is 19.2 Å². The van der Waals surface area contributed by atoms with Gasteiger partial charge in [0.15, 0.2) is 0 Å². The number of nitrogens with two attached hydrogens (primary N) is 1. The monoisotopic (exact) mass is 236 g/mol. The van der Waals surface area contributed by atoms with Gasteiger partial charge in [0.25, 0.3) is 0 Å². The van der Waals surface area contributed by atoms with Crippen LogP contribution in [0.2, 0.25) is 0 Å². The Morgan fingerprint density at radius 2 is 2.35 bits per heavy atom. The molecule has 3 N–H and O–H groups in total. The summed E-state index contributed by atoms with van der Waals surface area (Å²) in [6, 6.07) is 3.69. The lowest BCUT2D eigenvalue weighted by molar-refractivity contribution is -0.0439. The Bertz CT molecular complexity index is 366. The molecule has 0 aliphatic heterocycles. The molecule has 1 aliphatic carbocycles. The number of aromatic nitrogens is 1. The molecule has 0 saturated heterocycles. The highest BCUT2D eigenvalue weighted by Gasteiger charge is 2.36. The maximum Gasteiger partial charge on any atom is 0.123 e. The molecule has 2 unspecified atom stereocenters. The third-order valence-electron chi connectivity index (χ3n) is 3.12. The molecule has 1 fully saturated rings. The van der Waals surface area contributed by atoms with Crippen LogP contribution in [-0.2, 0) is 11.2 Å². The molecule has 1 aliphatic rings. The van der Waals surface area contributed by atoms with Gasteiger partial charge in [-0.1, -0.05) is 0 Å². The Balaban J connectivity index is 1.96. The fourth-order valence-corrected chi connectivity index (χ4v) is 2.16. The molecular formula is C13H20N2O2. The van der Waals surface area contributed by atoms with Gasteiger partial charge in [-0.3, -0.25) is 0 Å². The van der Waals surface area contributed by atoms with Crippen LogP contribution in [0.3, 0.4) is 0 Å². The lowest BCUT2D eigenvalue weighted by atomic mass is 10.0. The Morgan fingerprint density at radius 1 is 1.59 bits per heavy atom. The number of nitrogens with zero attached hydrogens (tertiary/aromatic N) is 1. The molecule has 94 valence electrons. The third-order valence-corrected chi connectivity index (χ3v) is 3.12. The number of hydrogen-bond donors (Lipinski definition) is 2. The van der Waals surface area contributed by atoms with E-state index in [4.69, 9.17) is 10.5 Å². The minimum Gasteiger partial charge on any atom is -0.390 e. The SMILES string of the molecule is CCOC(C(O)Cc1ccnc(N)c1)C1CC1. The van der Waals surface area contributed by atoms with Crippen LogP contribution in [-0.4, -0.2) is 28.9 Å². The van der Waals surface area contributed by atoms with Crippen LogP contribution < -0.4 is 5.73 Å². The molecule has 2 atom stereocenters. The number of hydrogen-bond acceptors (Lipinski definition) is 4. The lowest BCUT2D eigenvalue weighted by Crippen LogP contribution is -2.32. The van der Waals surface area contributed by atoms with E-state index >= 15 is 0 Å². The van der Waals surface area contributed by atoms with Crippen molar-refractivity contribution in [3.8, 4) is 0 Å². The number of ether oxygens (including phenoxy) is 1. The zero-order chi connectivity index (χ0) is 12.3. The number of pyridine rings is 1. The predicted molar refractivity (Wildman–Crippen MR) is 66.5 cm³/mol. The van der Waals surface area contributed by atoms with E-state index in [0.717, 1.165) is 5.56 Å². The van der Waals surface area contributed by atoms with Gasteiger partial charge in [0.05, 0.1) is 12.2 Å². The van der Waals surface area contributed by atoms with E-state index in [0.29, 0.717) is 24.8 Å². The second kappa shape index (κ2) is 5.47. The Labute approximate surface area is 102 Å². The average molecular weight is 236 g/mol. The summed E-state index contributed by atoms with van der Waals surface area (Å²) in [5.41, 5.74) is 6.63. The number of rotatable bonds is 6. The molecule has 0 spiro atoms. The zero-order valence-corrected chi connectivity index (χ0v) is 10.2. The van der Waals surface area contributed by atoms with Crippen LogP contribution in [0.15, 0.2) is 18.3 Å². The van der Waals surface area contributed by atoms with Crippen molar-refractivity contribution in [3.05, 3.63) is 23.9 Å². The Kier molecular flexibility index (Phi) is 3.97. The van der Waals surface area contributed by atoms with E-state index < -0.39 is 6.10 Å². The van der Waals surface area contributed by atoms with Crippen molar-refractivity contribution in [2.24, 2.45) is 5.92 Å². The van der Waals surface area contributed by atoms with Crippen LogP contribution in [0.4, 0.5) is 5.82 Å². The van der Waals surface area contributed by atoms with E-state index in [1.54, 1.807) is 12.3 Å². The summed E-state index contributed by atoms with van der Waals surface area (Å²) in [4.78, 5) is 3.94. The molecule has 0 aromatic carbocycles. The number of aliphatic hydroxyl groups is 1. The Morgan fingerprint density at radius 3 is 2.94 bits per heavy atom. The standard InChI is InChI=1S/C13H20N2O2/c1-2-17-13(10-3-4-10)11(16)7-9-5-6-15-12(14)8-9/h5-6,8,10-11,13,16H,2-4,7H2,1H3,(H2,14,15). The third kappa shape index (κ3) is 3.41. The smallest absolute Gasteiger partial charge is 0.123 e. The van der Waals surface area contributed by atoms with E-state index in [1.807, 2.05) is 13.0 Å². The normalized spacial score (nSPS) is 18.9. The molecule has 0 bridgehead atoms. The fourth-order valence-electron chi connectivity index (χ4n) is 2.16. The van der Waals surface area contributed by atoms with Gasteiger partial charge in [-0.05, 0) is 43.4 Å². The minimum absolute atomic E-state index is 0.0330. The quantitative estimate of drug-likeness (QED) is 0.783. The van der Waals surface area contributed by atoms with Crippen LogP contribution in [0, 0.1) is 5.92 Å². The second-order valence-corrected chi connectivity index (χ2v) is 4.62. The van der Waals surface area contributed by atoms with Crippen molar-refractivity contribution < 1.29 is 9.84 Å². The van der Waals surface area contributed by atoms with Crippen LogP contribution in [0.1, 0.15) is 25.3 Å². The van der Waals surface area contributed by atoms with E-state index in [-0.39, 0.29) is 6.10 Å². The molecule has 1 saturated carbocycles. The van der Waals surface area contributed by atoms with Gasteiger partial charge in [0.2, 0.25) is 0 Å². The van der Waals surface area contributed by atoms with Gasteiger partial charge in [-0.15, -0.1) is 0 Å². The molecule has 2 rings (SSSR count). The zero-order valence-electron chi connectivity index (χ0n) is 10.2. The van der Waals surface area contributed by atoms with Crippen molar-refractivity contribution in [1.29, 1.82) is 0 Å². The molecule has 17 heavy (non-hydrogen) atoms. The van der Waals surface area contributed by atoms with Gasteiger partial charge in [0.1, 0.15) is 5.82 Å². The van der Waals surface area contributed by atoms with Crippen LogP contribution >= 0.6 is 0 Å². The molecule has 1 aromatic rings. The highest BCUT2D eigenvalue weighted by Crippen LogP contribution is 2.36. The summed E-state index contributed by atoms with van der Waals surface area (Å²) in [6.07, 6.45) is 4.09. The van der Waals surface area contributed by atoms with E-state index in [1.165, 1.54) is 12.8 Å². The first-order chi connectivity index (χ1) is 8.20. The molecule has 1 heterocycles. The maximum atomic E-state index is 10.2. The largest absolute Gasteiger partial charge is 0.390 e. The van der Waals surface area contributed by atoms with Crippen molar-refractivity contribution in [2.75, 3.05) is 12.3 Å². The number of aliphatic hydroxyl groups excluding tert-OH is 1. The van der Waals surface area contributed by atoms with E-state index in [2.05, 4.69) is 4.98 Å². The van der Waals surface area contributed by atoms with Gasteiger partial charge in [-0.2, -0.15) is 0 Å². The van der Waals surface area contributed by atoms with Gasteiger partial charge in [-0.25, -0.2) is 4.98 Å². The summed E-state index contributed by atoms with van der Waals surface area (Å²) in [5.74, 6) is 1.03. The number of anilines is 1. The molecular weight excluding hydrogens is 216 g/mol. The highest BCUT2D eigenvalue weighted by atomic mass is 16.5.